The van der Waals surface area contributed by atoms with Gasteiger partial charge in [-0.05, 0) is 24.3 Å². The first kappa shape index (κ1) is 22.9. The van der Waals surface area contributed by atoms with Crippen molar-refractivity contribution in [1.82, 2.24) is 9.80 Å². The van der Waals surface area contributed by atoms with E-state index in [0.717, 1.165) is 37.6 Å². The molecule has 2 aliphatic rings. The van der Waals surface area contributed by atoms with Crippen LogP contribution in [0.1, 0.15) is 0 Å². The second kappa shape index (κ2) is 11.0. The first-order valence-corrected chi connectivity index (χ1v) is 11.5. The van der Waals surface area contributed by atoms with Crippen LogP contribution in [0.4, 0.5) is 11.4 Å². The summed E-state index contributed by atoms with van der Waals surface area (Å²) in [5.74, 6) is 0.705. The van der Waals surface area contributed by atoms with Gasteiger partial charge in [-0.3, -0.25) is 9.59 Å². The normalized spacial score (nSPS) is 16.6. The van der Waals surface area contributed by atoms with Crippen molar-refractivity contribution in [3.63, 3.8) is 0 Å². The van der Waals surface area contributed by atoms with Gasteiger partial charge in [-0.1, -0.05) is 30.3 Å². The fourth-order valence-corrected chi connectivity index (χ4v) is 4.35. The molecule has 4 rings (SSSR count). The number of amides is 2. The fraction of sp³-hybridized carbons (Fsp3) is 0.440. The molecule has 0 aliphatic carbocycles. The number of piperazine rings is 2. The number of rotatable bonds is 7. The van der Waals surface area contributed by atoms with Gasteiger partial charge in [0.2, 0.25) is 11.8 Å². The van der Waals surface area contributed by atoms with Gasteiger partial charge in [-0.25, -0.2) is 0 Å². The summed E-state index contributed by atoms with van der Waals surface area (Å²) in [5.41, 5.74) is 2.22. The number of para-hydroxylation sites is 3. The molecule has 2 saturated heterocycles. The summed E-state index contributed by atoms with van der Waals surface area (Å²) < 4.78 is 10.9. The summed E-state index contributed by atoms with van der Waals surface area (Å²) in [7, 11) is 1.67. The lowest BCUT2D eigenvalue weighted by Crippen LogP contribution is -2.51. The molecule has 0 spiro atoms. The Labute approximate surface area is 195 Å². The summed E-state index contributed by atoms with van der Waals surface area (Å²) >= 11 is 0. The molecule has 0 unspecified atom stereocenters. The number of methoxy groups -OCH3 is 1. The van der Waals surface area contributed by atoms with Crippen LogP contribution in [0.2, 0.25) is 0 Å². The quantitative estimate of drug-likeness (QED) is 0.637. The number of ether oxygens (including phenoxy) is 2. The second-order valence-electron chi connectivity index (χ2n) is 8.24. The van der Waals surface area contributed by atoms with Crippen LogP contribution in [0.5, 0.6) is 5.75 Å². The van der Waals surface area contributed by atoms with Crippen LogP contribution in [-0.4, -0.2) is 94.3 Å². The number of nitrogens with zero attached hydrogens (tertiary/aromatic N) is 4. The number of carbonyl (C=O) groups excluding carboxylic acids is 2. The second-order valence-corrected chi connectivity index (χ2v) is 8.24. The predicted octanol–water partition coefficient (Wildman–Crippen LogP) is 1.71. The maximum atomic E-state index is 12.5. The molecule has 2 amide bonds. The number of hydrogen-bond acceptors (Lipinski definition) is 6. The minimum absolute atomic E-state index is 0.0573. The third-order valence-electron chi connectivity index (χ3n) is 6.26. The molecular weight excluding hydrogens is 420 g/mol. The summed E-state index contributed by atoms with van der Waals surface area (Å²) in [6.45, 7) is 5.50. The SMILES string of the molecule is COc1ccccc1N1CCN(C(=O)COCC(=O)N2CCN(c3ccccc3)CC2)CC1. The van der Waals surface area contributed by atoms with Crippen molar-refractivity contribution in [1.29, 1.82) is 0 Å². The Hall–Kier alpha value is -3.26. The van der Waals surface area contributed by atoms with Crippen molar-refractivity contribution in [2.75, 3.05) is 82.5 Å². The van der Waals surface area contributed by atoms with Gasteiger partial charge in [0, 0.05) is 58.0 Å². The highest BCUT2D eigenvalue weighted by Crippen LogP contribution is 2.28. The van der Waals surface area contributed by atoms with E-state index in [1.54, 1.807) is 12.0 Å². The summed E-state index contributed by atoms with van der Waals surface area (Å²) in [5, 5.41) is 0. The minimum Gasteiger partial charge on any atom is -0.495 e. The van der Waals surface area contributed by atoms with E-state index in [4.69, 9.17) is 9.47 Å². The first-order valence-electron chi connectivity index (χ1n) is 11.5. The Bertz CT molecular complexity index is 923. The summed E-state index contributed by atoms with van der Waals surface area (Å²) in [6.07, 6.45) is 0. The molecule has 2 aliphatic heterocycles. The van der Waals surface area contributed by atoms with E-state index in [9.17, 15) is 9.59 Å². The number of anilines is 2. The minimum atomic E-state index is -0.0728. The van der Waals surface area contributed by atoms with Crippen LogP contribution in [0, 0.1) is 0 Å². The average molecular weight is 453 g/mol. The van der Waals surface area contributed by atoms with Gasteiger partial charge in [0.15, 0.2) is 0 Å². The van der Waals surface area contributed by atoms with Gasteiger partial charge in [0.1, 0.15) is 19.0 Å². The third-order valence-corrected chi connectivity index (χ3v) is 6.26. The molecule has 8 nitrogen and oxygen atoms in total. The van der Waals surface area contributed by atoms with Gasteiger partial charge in [-0.15, -0.1) is 0 Å². The Morgan fingerprint density at radius 3 is 1.79 bits per heavy atom. The van der Waals surface area contributed by atoms with E-state index in [1.807, 2.05) is 47.4 Å². The van der Waals surface area contributed by atoms with E-state index in [0.29, 0.717) is 26.2 Å². The maximum absolute atomic E-state index is 12.5. The maximum Gasteiger partial charge on any atom is 0.248 e. The van der Waals surface area contributed by atoms with E-state index >= 15 is 0 Å². The van der Waals surface area contributed by atoms with Gasteiger partial charge < -0.3 is 29.1 Å². The molecule has 2 aromatic rings. The van der Waals surface area contributed by atoms with E-state index in [1.165, 1.54) is 5.69 Å². The molecule has 176 valence electrons. The largest absolute Gasteiger partial charge is 0.495 e. The standard InChI is InChI=1S/C25H32N4O4/c1-32-23-10-6-5-9-22(23)27-13-17-29(18-14-27)25(31)20-33-19-24(30)28-15-11-26(12-16-28)21-7-3-2-4-8-21/h2-10H,11-20H2,1H3. The molecule has 0 bridgehead atoms. The first-order chi connectivity index (χ1) is 16.2. The molecule has 0 radical (unpaired) electrons. The van der Waals surface area contributed by atoms with E-state index in [2.05, 4.69) is 21.9 Å². The third kappa shape index (κ3) is 5.76. The summed E-state index contributed by atoms with van der Waals surface area (Å²) in [6, 6.07) is 18.1. The van der Waals surface area contributed by atoms with Crippen LogP contribution in [-0.2, 0) is 14.3 Å². The number of benzene rings is 2. The van der Waals surface area contributed by atoms with Crippen LogP contribution in [0.3, 0.4) is 0 Å². The Balaban J connectivity index is 1.15. The van der Waals surface area contributed by atoms with Crippen LogP contribution in [0.25, 0.3) is 0 Å². The molecule has 2 aromatic carbocycles. The van der Waals surface area contributed by atoms with Crippen LogP contribution in [0.15, 0.2) is 54.6 Å². The Kier molecular flexibility index (Phi) is 7.67. The lowest BCUT2D eigenvalue weighted by atomic mass is 10.2. The average Bonchev–Trinajstić information content (AvgIpc) is 2.89. The van der Waals surface area contributed by atoms with Crippen molar-refractivity contribution in [3.8, 4) is 5.75 Å². The fourth-order valence-electron chi connectivity index (χ4n) is 4.35. The van der Waals surface area contributed by atoms with Crippen molar-refractivity contribution in [2.24, 2.45) is 0 Å². The molecule has 8 heteroatoms. The van der Waals surface area contributed by atoms with Crippen molar-refractivity contribution >= 4 is 23.2 Å². The topological polar surface area (TPSA) is 65.6 Å². The molecule has 2 fully saturated rings. The highest BCUT2D eigenvalue weighted by molar-refractivity contribution is 5.80. The molecular formula is C25H32N4O4. The lowest BCUT2D eigenvalue weighted by Gasteiger charge is -2.37. The van der Waals surface area contributed by atoms with E-state index in [-0.39, 0.29) is 25.0 Å². The molecule has 0 N–H and O–H groups in total. The van der Waals surface area contributed by atoms with Gasteiger partial charge in [-0.2, -0.15) is 0 Å². The zero-order valence-corrected chi connectivity index (χ0v) is 19.2. The van der Waals surface area contributed by atoms with Gasteiger partial charge >= 0.3 is 0 Å². The van der Waals surface area contributed by atoms with Crippen molar-refractivity contribution < 1.29 is 19.1 Å². The molecule has 33 heavy (non-hydrogen) atoms. The van der Waals surface area contributed by atoms with Gasteiger partial charge in [0.25, 0.3) is 0 Å². The Morgan fingerprint density at radius 2 is 1.21 bits per heavy atom. The molecule has 0 aromatic heterocycles. The highest BCUT2D eigenvalue weighted by atomic mass is 16.5. The van der Waals surface area contributed by atoms with Gasteiger partial charge in [0.05, 0.1) is 12.8 Å². The zero-order valence-electron chi connectivity index (χ0n) is 19.2. The Morgan fingerprint density at radius 1 is 0.697 bits per heavy atom. The smallest absolute Gasteiger partial charge is 0.248 e. The van der Waals surface area contributed by atoms with Crippen molar-refractivity contribution in [3.05, 3.63) is 54.6 Å². The van der Waals surface area contributed by atoms with Crippen LogP contribution < -0.4 is 14.5 Å². The molecule has 0 saturated carbocycles. The zero-order chi connectivity index (χ0) is 23.0. The molecule has 2 heterocycles. The highest BCUT2D eigenvalue weighted by Gasteiger charge is 2.24. The van der Waals surface area contributed by atoms with Crippen molar-refractivity contribution in [2.45, 2.75) is 0 Å². The monoisotopic (exact) mass is 452 g/mol. The van der Waals surface area contributed by atoms with Crippen LogP contribution >= 0.6 is 0 Å². The molecule has 0 atom stereocenters. The number of carbonyl (C=O) groups is 2. The summed E-state index contributed by atoms with van der Waals surface area (Å²) in [4.78, 5) is 33.2. The predicted molar refractivity (Wildman–Crippen MR) is 128 cm³/mol. The number of hydrogen-bond donors (Lipinski definition) is 0. The lowest BCUT2D eigenvalue weighted by molar-refractivity contribution is -0.142. The van der Waals surface area contributed by atoms with E-state index < -0.39 is 0 Å².